The van der Waals surface area contributed by atoms with Gasteiger partial charge in [-0.15, -0.1) is 0 Å². The number of unbranched alkanes of at least 4 members (excludes halogenated alkanes) is 1. The van der Waals surface area contributed by atoms with E-state index in [9.17, 15) is 9.90 Å². The van der Waals surface area contributed by atoms with Crippen LogP contribution in [-0.4, -0.2) is 36.9 Å². The van der Waals surface area contributed by atoms with Crippen molar-refractivity contribution in [1.82, 2.24) is 5.32 Å². The number of hydrogen-bond donors (Lipinski definition) is 2. The Morgan fingerprint density at radius 2 is 2.06 bits per heavy atom. The molecule has 4 heteroatoms. The van der Waals surface area contributed by atoms with Crippen molar-refractivity contribution >= 4 is 5.97 Å². The molecule has 0 aromatic rings. The predicted octanol–water partition coefficient (Wildman–Crippen LogP) is 1.32. The number of ether oxygens (including phenoxy) is 1. The molecule has 0 aromatic heterocycles. The van der Waals surface area contributed by atoms with Crippen LogP contribution in [0.1, 0.15) is 40.0 Å². The highest BCUT2D eigenvalue weighted by Gasteiger charge is 2.23. The summed E-state index contributed by atoms with van der Waals surface area (Å²) in [6.07, 6.45) is 2.77. The highest BCUT2D eigenvalue weighted by Crippen LogP contribution is 2.07. The van der Waals surface area contributed by atoms with Crippen molar-refractivity contribution in [3.05, 3.63) is 0 Å². The number of methoxy groups -OCH3 is 1. The summed E-state index contributed by atoms with van der Waals surface area (Å²) in [5.41, 5.74) is 0. The van der Waals surface area contributed by atoms with Crippen LogP contribution in [0.5, 0.6) is 0 Å². The Balaban J connectivity index is 4.33. The zero-order valence-electron chi connectivity index (χ0n) is 10.8. The summed E-state index contributed by atoms with van der Waals surface area (Å²) in [6, 6.07) is -0.356. The Kier molecular flexibility index (Phi) is 8.21. The molecule has 0 spiro atoms. The number of carbonyl (C=O) groups is 1. The molecule has 16 heavy (non-hydrogen) atoms. The summed E-state index contributed by atoms with van der Waals surface area (Å²) in [5, 5.41) is 12.4. The average Bonchev–Trinajstić information content (AvgIpc) is 2.28. The molecule has 0 saturated heterocycles. The van der Waals surface area contributed by atoms with E-state index < -0.39 is 0 Å². The van der Waals surface area contributed by atoms with Gasteiger partial charge < -0.3 is 9.84 Å². The summed E-state index contributed by atoms with van der Waals surface area (Å²) in [5.74, 6) is 0.0475. The third-order valence-corrected chi connectivity index (χ3v) is 2.75. The third-order valence-electron chi connectivity index (χ3n) is 2.75. The van der Waals surface area contributed by atoms with Crippen molar-refractivity contribution in [1.29, 1.82) is 0 Å². The van der Waals surface area contributed by atoms with Gasteiger partial charge in [-0.2, -0.15) is 0 Å². The number of nitrogens with one attached hydrogen (secondary N) is 1. The predicted molar refractivity (Wildman–Crippen MR) is 64.2 cm³/mol. The highest BCUT2D eigenvalue weighted by atomic mass is 16.5. The monoisotopic (exact) mass is 231 g/mol. The minimum absolute atomic E-state index is 0.0390. The van der Waals surface area contributed by atoms with E-state index in [1.807, 2.05) is 13.8 Å². The highest BCUT2D eigenvalue weighted by molar-refractivity contribution is 5.75. The van der Waals surface area contributed by atoms with Gasteiger partial charge in [-0.1, -0.05) is 33.6 Å². The Morgan fingerprint density at radius 1 is 1.44 bits per heavy atom. The third kappa shape index (κ3) is 5.47. The lowest BCUT2D eigenvalue weighted by molar-refractivity contribution is -0.143. The second-order valence-electron chi connectivity index (χ2n) is 4.42. The summed E-state index contributed by atoms with van der Waals surface area (Å²) in [4.78, 5) is 11.5. The fourth-order valence-corrected chi connectivity index (χ4v) is 1.53. The van der Waals surface area contributed by atoms with E-state index in [1.54, 1.807) is 0 Å². The molecular formula is C12H25NO3. The molecule has 0 heterocycles. The normalized spacial score (nSPS) is 14.9. The van der Waals surface area contributed by atoms with Crippen molar-refractivity contribution in [2.75, 3.05) is 13.7 Å². The fourth-order valence-electron chi connectivity index (χ4n) is 1.53. The van der Waals surface area contributed by atoms with Gasteiger partial charge in [0.1, 0.15) is 6.04 Å². The van der Waals surface area contributed by atoms with Crippen molar-refractivity contribution in [2.24, 2.45) is 5.92 Å². The Bertz CT molecular complexity index is 195. The van der Waals surface area contributed by atoms with Crippen LogP contribution in [0, 0.1) is 5.92 Å². The second-order valence-corrected chi connectivity index (χ2v) is 4.42. The van der Waals surface area contributed by atoms with Gasteiger partial charge in [0.15, 0.2) is 0 Å². The van der Waals surface area contributed by atoms with Crippen molar-refractivity contribution in [3.63, 3.8) is 0 Å². The first-order valence-corrected chi connectivity index (χ1v) is 6.01. The quantitative estimate of drug-likeness (QED) is 0.619. The molecule has 2 N–H and O–H groups in total. The second kappa shape index (κ2) is 8.53. The first-order chi connectivity index (χ1) is 7.56. The standard InChI is InChI=1S/C12H25NO3/c1-5-6-7-10(12(15)16-4)13-11(8-14)9(2)3/h9-11,13-14H,5-8H2,1-4H3. The van der Waals surface area contributed by atoms with E-state index in [4.69, 9.17) is 4.74 Å². The first-order valence-electron chi connectivity index (χ1n) is 6.01. The number of aliphatic hydroxyl groups excluding tert-OH is 1. The lowest BCUT2D eigenvalue weighted by Crippen LogP contribution is -2.47. The number of esters is 1. The van der Waals surface area contributed by atoms with E-state index in [0.717, 1.165) is 19.3 Å². The zero-order chi connectivity index (χ0) is 12.6. The van der Waals surface area contributed by atoms with Crippen LogP contribution in [0.15, 0.2) is 0 Å². The van der Waals surface area contributed by atoms with Crippen LogP contribution in [0.25, 0.3) is 0 Å². The van der Waals surface area contributed by atoms with E-state index in [2.05, 4.69) is 12.2 Å². The molecule has 0 aliphatic rings. The first kappa shape index (κ1) is 15.4. The van der Waals surface area contributed by atoms with Crippen LogP contribution < -0.4 is 5.32 Å². The lowest BCUT2D eigenvalue weighted by Gasteiger charge is -2.25. The fraction of sp³-hybridized carbons (Fsp3) is 0.917. The molecule has 0 amide bonds. The van der Waals surface area contributed by atoms with Gasteiger partial charge >= 0.3 is 5.97 Å². The Hall–Kier alpha value is -0.610. The maximum atomic E-state index is 11.5. The number of aliphatic hydroxyl groups is 1. The number of hydrogen-bond acceptors (Lipinski definition) is 4. The minimum Gasteiger partial charge on any atom is -0.468 e. The molecule has 96 valence electrons. The molecule has 0 saturated carbocycles. The molecule has 0 aliphatic heterocycles. The minimum atomic E-state index is -0.301. The smallest absolute Gasteiger partial charge is 0.322 e. The Morgan fingerprint density at radius 3 is 2.44 bits per heavy atom. The average molecular weight is 231 g/mol. The van der Waals surface area contributed by atoms with Crippen LogP contribution in [0.3, 0.4) is 0 Å². The van der Waals surface area contributed by atoms with E-state index in [-0.39, 0.29) is 24.7 Å². The number of carbonyl (C=O) groups excluding carboxylic acids is 1. The van der Waals surface area contributed by atoms with Crippen LogP contribution in [0.2, 0.25) is 0 Å². The van der Waals surface area contributed by atoms with Gasteiger partial charge in [-0.25, -0.2) is 0 Å². The van der Waals surface area contributed by atoms with Gasteiger partial charge in [0.2, 0.25) is 0 Å². The molecule has 0 fully saturated rings. The summed E-state index contributed by atoms with van der Waals surface area (Å²) >= 11 is 0. The molecule has 0 rings (SSSR count). The largest absolute Gasteiger partial charge is 0.468 e. The molecule has 2 unspecified atom stereocenters. The van der Waals surface area contributed by atoms with E-state index in [0.29, 0.717) is 5.92 Å². The van der Waals surface area contributed by atoms with Gasteiger partial charge in [0.25, 0.3) is 0 Å². The van der Waals surface area contributed by atoms with Crippen LogP contribution in [0.4, 0.5) is 0 Å². The molecule has 0 aromatic carbocycles. The molecule has 2 atom stereocenters. The van der Waals surface area contributed by atoms with Crippen LogP contribution >= 0.6 is 0 Å². The van der Waals surface area contributed by atoms with Gasteiger partial charge in [-0.3, -0.25) is 10.1 Å². The summed E-state index contributed by atoms with van der Waals surface area (Å²) < 4.78 is 4.75. The van der Waals surface area contributed by atoms with Crippen molar-refractivity contribution in [3.8, 4) is 0 Å². The van der Waals surface area contributed by atoms with Gasteiger partial charge in [0.05, 0.1) is 13.7 Å². The van der Waals surface area contributed by atoms with Crippen LogP contribution in [-0.2, 0) is 9.53 Å². The molecule has 4 nitrogen and oxygen atoms in total. The molecular weight excluding hydrogens is 206 g/mol. The molecule has 0 aliphatic carbocycles. The van der Waals surface area contributed by atoms with Crippen molar-refractivity contribution < 1.29 is 14.6 Å². The number of rotatable bonds is 8. The van der Waals surface area contributed by atoms with E-state index in [1.165, 1.54) is 7.11 Å². The molecule has 0 bridgehead atoms. The van der Waals surface area contributed by atoms with Crippen molar-refractivity contribution in [2.45, 2.75) is 52.1 Å². The topological polar surface area (TPSA) is 58.6 Å². The summed E-state index contributed by atoms with van der Waals surface area (Å²) in [7, 11) is 1.40. The van der Waals surface area contributed by atoms with Gasteiger partial charge in [0, 0.05) is 6.04 Å². The maximum absolute atomic E-state index is 11.5. The summed E-state index contributed by atoms with van der Waals surface area (Å²) in [6.45, 7) is 6.15. The maximum Gasteiger partial charge on any atom is 0.322 e. The Labute approximate surface area is 98.4 Å². The zero-order valence-corrected chi connectivity index (χ0v) is 10.8. The van der Waals surface area contributed by atoms with E-state index >= 15 is 0 Å². The van der Waals surface area contributed by atoms with Gasteiger partial charge in [-0.05, 0) is 12.3 Å². The molecule has 0 radical (unpaired) electrons. The SMILES string of the molecule is CCCCC(NC(CO)C(C)C)C(=O)OC. The lowest BCUT2D eigenvalue weighted by atomic mass is 10.0.